The van der Waals surface area contributed by atoms with E-state index in [1.165, 1.54) is 0 Å². The Bertz CT molecular complexity index is 777. The Morgan fingerprint density at radius 1 is 1.15 bits per heavy atom. The van der Waals surface area contributed by atoms with Gasteiger partial charge in [0.25, 0.3) is 11.5 Å². The first-order valence-corrected chi connectivity index (χ1v) is 6.44. The van der Waals surface area contributed by atoms with Gasteiger partial charge in [0, 0.05) is 18.3 Å². The summed E-state index contributed by atoms with van der Waals surface area (Å²) in [6, 6.07) is 7.41. The minimum Gasteiger partial charge on any atom is -0.334 e. The molecule has 20 heavy (non-hydrogen) atoms. The number of benzene rings is 1. The lowest BCUT2D eigenvalue weighted by atomic mass is 10.1. The molecule has 0 unspecified atom stereocenters. The lowest BCUT2D eigenvalue weighted by Gasteiger charge is -2.16. The van der Waals surface area contributed by atoms with E-state index in [1.54, 1.807) is 24.9 Å². The van der Waals surface area contributed by atoms with Crippen LogP contribution in [0.15, 0.2) is 29.1 Å². The minimum atomic E-state index is -0.228. The van der Waals surface area contributed by atoms with Crippen molar-refractivity contribution in [1.82, 2.24) is 14.5 Å². The Labute approximate surface area is 116 Å². The van der Waals surface area contributed by atoms with Gasteiger partial charge >= 0.3 is 0 Å². The molecule has 1 aromatic carbocycles. The first-order chi connectivity index (χ1) is 9.50. The Morgan fingerprint density at radius 2 is 1.85 bits per heavy atom. The number of para-hydroxylation sites is 1. The SMILES string of the molecule is Cc1c(C)n2c(nc1=O)CN(C)C(=O)c1ccccc1-2. The first-order valence-electron chi connectivity index (χ1n) is 6.44. The molecular formula is C15H15N3O2. The Balaban J connectivity index is 2.44. The number of hydrogen-bond donors (Lipinski definition) is 0. The van der Waals surface area contributed by atoms with Crippen LogP contribution in [0.25, 0.3) is 5.69 Å². The molecule has 0 aliphatic carbocycles. The fourth-order valence-corrected chi connectivity index (χ4v) is 2.53. The maximum absolute atomic E-state index is 12.4. The number of hydrogen-bond acceptors (Lipinski definition) is 3. The van der Waals surface area contributed by atoms with Gasteiger partial charge < -0.3 is 4.90 Å². The van der Waals surface area contributed by atoms with Crippen LogP contribution in [0, 0.1) is 13.8 Å². The highest BCUT2D eigenvalue weighted by molar-refractivity contribution is 5.98. The van der Waals surface area contributed by atoms with Gasteiger partial charge in [-0.1, -0.05) is 12.1 Å². The standard InChI is InChI=1S/C15H15N3O2/c1-9-10(2)18-12-7-5-4-6-11(12)15(20)17(3)8-13(18)16-14(9)19/h4-7H,8H2,1-3H3. The maximum atomic E-state index is 12.4. The van der Waals surface area contributed by atoms with Crippen molar-refractivity contribution in [2.45, 2.75) is 20.4 Å². The van der Waals surface area contributed by atoms with Gasteiger partial charge in [0.2, 0.25) is 0 Å². The van der Waals surface area contributed by atoms with Crippen LogP contribution >= 0.6 is 0 Å². The molecule has 1 amide bonds. The monoisotopic (exact) mass is 269 g/mol. The predicted molar refractivity (Wildman–Crippen MR) is 75.1 cm³/mol. The van der Waals surface area contributed by atoms with Crippen LogP contribution in [0.4, 0.5) is 0 Å². The number of aromatic nitrogens is 2. The summed E-state index contributed by atoms with van der Waals surface area (Å²) < 4.78 is 1.91. The highest BCUT2D eigenvalue weighted by atomic mass is 16.2. The third-order valence-corrected chi connectivity index (χ3v) is 3.79. The summed E-state index contributed by atoms with van der Waals surface area (Å²) in [5.41, 5.74) is 2.62. The zero-order valence-electron chi connectivity index (χ0n) is 11.7. The summed E-state index contributed by atoms with van der Waals surface area (Å²) in [5, 5.41) is 0. The molecule has 3 rings (SSSR count). The minimum absolute atomic E-state index is 0.0596. The molecule has 102 valence electrons. The lowest BCUT2D eigenvalue weighted by molar-refractivity contribution is 0.0786. The second kappa shape index (κ2) is 4.30. The summed E-state index contributed by atoms with van der Waals surface area (Å²) in [5.74, 6) is 0.537. The van der Waals surface area contributed by atoms with Gasteiger partial charge in [-0.3, -0.25) is 14.2 Å². The molecule has 0 N–H and O–H groups in total. The molecule has 0 saturated carbocycles. The van der Waals surface area contributed by atoms with Gasteiger partial charge in [0.1, 0.15) is 5.82 Å². The van der Waals surface area contributed by atoms with Crippen molar-refractivity contribution in [2.24, 2.45) is 0 Å². The zero-order chi connectivity index (χ0) is 14.4. The Hall–Kier alpha value is -2.43. The predicted octanol–water partition coefficient (Wildman–Crippen LogP) is 1.43. The number of nitrogens with zero attached hydrogens (tertiary/aromatic N) is 3. The normalized spacial score (nSPS) is 13.8. The van der Waals surface area contributed by atoms with Crippen molar-refractivity contribution in [3.8, 4) is 5.69 Å². The number of carbonyl (C=O) groups is 1. The molecular weight excluding hydrogens is 254 g/mol. The number of fused-ring (bicyclic) bond motifs is 3. The lowest BCUT2D eigenvalue weighted by Crippen LogP contribution is -2.27. The van der Waals surface area contributed by atoms with E-state index < -0.39 is 0 Å². The van der Waals surface area contributed by atoms with Crippen molar-refractivity contribution >= 4 is 5.91 Å². The van der Waals surface area contributed by atoms with E-state index in [0.29, 0.717) is 23.5 Å². The molecule has 0 saturated heterocycles. The third kappa shape index (κ3) is 1.66. The highest BCUT2D eigenvalue weighted by Gasteiger charge is 2.25. The van der Waals surface area contributed by atoms with E-state index in [9.17, 15) is 9.59 Å². The first kappa shape index (κ1) is 12.6. The van der Waals surface area contributed by atoms with E-state index in [-0.39, 0.29) is 11.5 Å². The fourth-order valence-electron chi connectivity index (χ4n) is 2.53. The molecule has 1 aliphatic heterocycles. The van der Waals surface area contributed by atoms with Gasteiger partial charge in [-0.2, -0.15) is 4.98 Å². The summed E-state index contributed by atoms with van der Waals surface area (Å²) in [4.78, 5) is 30.0. The van der Waals surface area contributed by atoms with Crippen molar-refractivity contribution < 1.29 is 4.79 Å². The van der Waals surface area contributed by atoms with Crippen LogP contribution in [0.1, 0.15) is 27.4 Å². The second-order valence-electron chi connectivity index (χ2n) is 5.06. The summed E-state index contributed by atoms with van der Waals surface area (Å²) in [6.45, 7) is 3.97. The van der Waals surface area contributed by atoms with Crippen LogP contribution in [0.2, 0.25) is 0 Å². The van der Waals surface area contributed by atoms with Crippen LogP contribution in [-0.4, -0.2) is 27.4 Å². The van der Waals surface area contributed by atoms with Crippen molar-refractivity contribution in [2.75, 3.05) is 7.05 Å². The van der Waals surface area contributed by atoms with Crippen LogP contribution in [0.5, 0.6) is 0 Å². The van der Waals surface area contributed by atoms with Crippen LogP contribution in [-0.2, 0) is 6.54 Å². The average molecular weight is 269 g/mol. The van der Waals surface area contributed by atoms with E-state index in [2.05, 4.69) is 4.98 Å². The molecule has 0 bridgehead atoms. The number of rotatable bonds is 0. The average Bonchev–Trinajstić information content (AvgIpc) is 2.53. The summed E-state index contributed by atoms with van der Waals surface area (Å²) in [6.07, 6.45) is 0. The van der Waals surface area contributed by atoms with Gasteiger partial charge in [0.15, 0.2) is 0 Å². The maximum Gasteiger partial charge on any atom is 0.276 e. The van der Waals surface area contributed by atoms with Gasteiger partial charge in [-0.25, -0.2) is 0 Å². The molecule has 1 aliphatic rings. The molecule has 2 heterocycles. The van der Waals surface area contributed by atoms with Crippen molar-refractivity contribution in [3.63, 3.8) is 0 Å². The summed E-state index contributed by atoms with van der Waals surface area (Å²) >= 11 is 0. The van der Waals surface area contributed by atoms with Crippen LogP contribution in [0.3, 0.4) is 0 Å². The molecule has 0 atom stereocenters. The molecule has 5 nitrogen and oxygen atoms in total. The third-order valence-electron chi connectivity index (χ3n) is 3.79. The summed E-state index contributed by atoms with van der Waals surface area (Å²) in [7, 11) is 1.72. The molecule has 0 spiro atoms. The quantitative estimate of drug-likeness (QED) is 0.727. The van der Waals surface area contributed by atoms with Crippen molar-refractivity contribution in [1.29, 1.82) is 0 Å². The Kier molecular flexibility index (Phi) is 2.71. The molecule has 0 radical (unpaired) electrons. The zero-order valence-corrected chi connectivity index (χ0v) is 11.7. The largest absolute Gasteiger partial charge is 0.334 e. The Morgan fingerprint density at radius 3 is 2.60 bits per heavy atom. The smallest absolute Gasteiger partial charge is 0.276 e. The van der Waals surface area contributed by atoms with Gasteiger partial charge in [0.05, 0.1) is 17.8 Å². The number of carbonyl (C=O) groups excluding carboxylic acids is 1. The van der Waals surface area contributed by atoms with E-state index in [0.717, 1.165) is 11.4 Å². The molecule has 2 aromatic rings. The topological polar surface area (TPSA) is 55.2 Å². The second-order valence-corrected chi connectivity index (χ2v) is 5.06. The van der Waals surface area contributed by atoms with Gasteiger partial charge in [-0.05, 0) is 26.0 Å². The van der Waals surface area contributed by atoms with Crippen LogP contribution < -0.4 is 5.56 Å². The fraction of sp³-hybridized carbons (Fsp3) is 0.267. The molecule has 5 heteroatoms. The van der Waals surface area contributed by atoms with Gasteiger partial charge in [-0.15, -0.1) is 0 Å². The molecule has 0 fully saturated rings. The van der Waals surface area contributed by atoms with E-state index in [4.69, 9.17) is 0 Å². The van der Waals surface area contributed by atoms with E-state index in [1.807, 2.05) is 29.7 Å². The van der Waals surface area contributed by atoms with Crippen molar-refractivity contribution in [3.05, 3.63) is 57.3 Å². The molecule has 1 aromatic heterocycles. The highest BCUT2D eigenvalue weighted by Crippen LogP contribution is 2.24. The van der Waals surface area contributed by atoms with E-state index >= 15 is 0 Å². The number of amides is 1.